The van der Waals surface area contributed by atoms with Gasteiger partial charge in [-0.3, -0.25) is 14.4 Å². The van der Waals surface area contributed by atoms with Crippen LogP contribution in [0.15, 0.2) is 24.3 Å². The summed E-state index contributed by atoms with van der Waals surface area (Å²) < 4.78 is 5.12. The normalized spacial score (nSPS) is 13.6. The van der Waals surface area contributed by atoms with Crippen LogP contribution in [0.25, 0.3) is 0 Å². The van der Waals surface area contributed by atoms with Crippen LogP contribution in [0.1, 0.15) is 57.8 Å². The zero-order valence-electron chi connectivity index (χ0n) is 17.1. The lowest BCUT2D eigenvalue weighted by molar-refractivity contribution is -0.128. The summed E-state index contributed by atoms with van der Waals surface area (Å²) >= 11 is 2.38. The molecular formula is C21H24N2O5S2. The van der Waals surface area contributed by atoms with Gasteiger partial charge in [0.1, 0.15) is 4.88 Å². The smallest absolute Gasteiger partial charge is 0.348 e. The molecule has 1 saturated carbocycles. The third-order valence-corrected chi connectivity index (χ3v) is 6.48. The molecule has 0 unspecified atom stereocenters. The van der Waals surface area contributed by atoms with E-state index in [4.69, 9.17) is 4.74 Å². The lowest BCUT2D eigenvalue weighted by atomic mass is 9.96. The molecule has 0 aliphatic heterocycles. The zero-order valence-corrected chi connectivity index (χ0v) is 18.7. The Morgan fingerprint density at radius 3 is 2.40 bits per heavy atom. The van der Waals surface area contributed by atoms with Crippen molar-refractivity contribution in [3.63, 3.8) is 0 Å². The van der Waals surface area contributed by atoms with Crippen LogP contribution in [0, 0.1) is 11.3 Å². The van der Waals surface area contributed by atoms with Crippen LogP contribution in [-0.2, 0) is 20.9 Å². The van der Waals surface area contributed by atoms with Gasteiger partial charge in [0.25, 0.3) is 0 Å². The SMILES string of the molecule is CC(C)(C)C(=O)NCc1ccc(C(=O)COC(=O)c2ccc(NC(=O)C3CC3)s2)s1. The van der Waals surface area contributed by atoms with E-state index in [2.05, 4.69) is 10.6 Å². The molecular weight excluding hydrogens is 424 g/mol. The lowest BCUT2D eigenvalue weighted by Gasteiger charge is -2.17. The molecule has 7 nitrogen and oxygen atoms in total. The number of ketones is 1. The molecule has 0 radical (unpaired) electrons. The molecule has 3 rings (SSSR count). The first-order valence-corrected chi connectivity index (χ1v) is 11.2. The molecule has 1 aliphatic rings. The predicted molar refractivity (Wildman–Crippen MR) is 116 cm³/mol. The summed E-state index contributed by atoms with van der Waals surface area (Å²) in [5.74, 6) is -0.923. The molecule has 0 bridgehead atoms. The van der Waals surface area contributed by atoms with Crippen molar-refractivity contribution < 1.29 is 23.9 Å². The summed E-state index contributed by atoms with van der Waals surface area (Å²) in [6.45, 7) is 5.47. The van der Waals surface area contributed by atoms with E-state index in [9.17, 15) is 19.2 Å². The van der Waals surface area contributed by atoms with Gasteiger partial charge < -0.3 is 15.4 Å². The van der Waals surface area contributed by atoms with Crippen LogP contribution in [-0.4, -0.2) is 30.2 Å². The second-order valence-corrected chi connectivity index (χ2v) is 10.4. The van der Waals surface area contributed by atoms with Crippen molar-refractivity contribution in [3.05, 3.63) is 38.9 Å². The third kappa shape index (κ3) is 5.99. The number of Topliss-reactive ketones (excluding diaryl/α,β-unsaturated/α-hetero) is 1. The first-order valence-electron chi connectivity index (χ1n) is 9.61. The van der Waals surface area contributed by atoms with Gasteiger partial charge in [-0.05, 0) is 37.1 Å². The number of rotatable bonds is 8. The van der Waals surface area contributed by atoms with Gasteiger partial charge in [0.05, 0.1) is 16.4 Å². The average molecular weight is 449 g/mol. The molecule has 0 saturated heterocycles. The summed E-state index contributed by atoms with van der Waals surface area (Å²) in [5, 5.41) is 6.20. The molecule has 2 aromatic heterocycles. The highest BCUT2D eigenvalue weighted by molar-refractivity contribution is 7.18. The lowest BCUT2D eigenvalue weighted by Crippen LogP contribution is -2.34. The van der Waals surface area contributed by atoms with Crippen LogP contribution in [0.5, 0.6) is 0 Å². The van der Waals surface area contributed by atoms with E-state index in [0.29, 0.717) is 21.3 Å². The maximum Gasteiger partial charge on any atom is 0.348 e. The van der Waals surface area contributed by atoms with Crippen molar-refractivity contribution in [1.82, 2.24) is 5.32 Å². The van der Waals surface area contributed by atoms with E-state index in [1.165, 1.54) is 11.3 Å². The maximum absolute atomic E-state index is 12.3. The van der Waals surface area contributed by atoms with E-state index < -0.39 is 11.4 Å². The van der Waals surface area contributed by atoms with Crippen molar-refractivity contribution in [2.45, 2.75) is 40.2 Å². The summed E-state index contributed by atoms with van der Waals surface area (Å²) in [7, 11) is 0. The molecule has 0 atom stereocenters. The fourth-order valence-corrected chi connectivity index (χ4v) is 4.09. The molecule has 2 amide bonds. The molecule has 0 aromatic carbocycles. The Morgan fingerprint density at radius 2 is 1.73 bits per heavy atom. The number of anilines is 1. The van der Waals surface area contributed by atoms with Gasteiger partial charge in [-0.15, -0.1) is 22.7 Å². The highest BCUT2D eigenvalue weighted by atomic mass is 32.1. The predicted octanol–water partition coefficient (Wildman–Crippen LogP) is 3.86. The number of amides is 2. The Hall–Kier alpha value is -2.52. The van der Waals surface area contributed by atoms with Crippen LogP contribution in [0.3, 0.4) is 0 Å². The maximum atomic E-state index is 12.3. The molecule has 160 valence electrons. The van der Waals surface area contributed by atoms with Gasteiger partial charge in [0.15, 0.2) is 6.61 Å². The number of carbonyl (C=O) groups excluding carboxylic acids is 4. The van der Waals surface area contributed by atoms with Gasteiger partial charge in [-0.2, -0.15) is 0 Å². The number of hydrogen-bond donors (Lipinski definition) is 2. The number of hydrogen-bond acceptors (Lipinski definition) is 7. The van der Waals surface area contributed by atoms with Crippen molar-refractivity contribution in [3.8, 4) is 0 Å². The Morgan fingerprint density at radius 1 is 1.03 bits per heavy atom. The quantitative estimate of drug-likeness (QED) is 0.472. The minimum Gasteiger partial charge on any atom is -0.453 e. The van der Waals surface area contributed by atoms with Gasteiger partial charge in [-0.25, -0.2) is 4.79 Å². The first kappa shape index (κ1) is 22.2. The summed E-state index contributed by atoms with van der Waals surface area (Å²) in [6, 6.07) is 6.66. The molecule has 30 heavy (non-hydrogen) atoms. The Bertz CT molecular complexity index is 966. The fraction of sp³-hybridized carbons (Fsp3) is 0.429. The van der Waals surface area contributed by atoms with E-state index in [1.807, 2.05) is 20.8 Å². The van der Waals surface area contributed by atoms with E-state index in [-0.39, 0.29) is 30.1 Å². The number of ether oxygens (including phenoxy) is 1. The van der Waals surface area contributed by atoms with Gasteiger partial charge >= 0.3 is 5.97 Å². The summed E-state index contributed by atoms with van der Waals surface area (Å²) in [4.78, 5) is 49.8. The second kappa shape index (κ2) is 9.09. The van der Waals surface area contributed by atoms with Crippen molar-refractivity contribution in [2.24, 2.45) is 11.3 Å². The number of thiophene rings is 2. The summed E-state index contributed by atoms with van der Waals surface area (Å²) in [5.41, 5.74) is -0.480. The molecule has 9 heteroatoms. The monoisotopic (exact) mass is 448 g/mol. The third-order valence-electron chi connectivity index (χ3n) is 4.38. The fourth-order valence-electron chi connectivity index (χ4n) is 2.41. The second-order valence-electron chi connectivity index (χ2n) is 8.13. The zero-order chi connectivity index (χ0) is 21.9. The van der Waals surface area contributed by atoms with Crippen LogP contribution in [0.4, 0.5) is 5.00 Å². The van der Waals surface area contributed by atoms with Crippen LogP contribution >= 0.6 is 22.7 Å². The number of nitrogens with one attached hydrogen (secondary N) is 2. The van der Waals surface area contributed by atoms with E-state index >= 15 is 0 Å². The van der Waals surface area contributed by atoms with E-state index in [0.717, 1.165) is 29.1 Å². The van der Waals surface area contributed by atoms with Crippen LogP contribution in [0.2, 0.25) is 0 Å². The standard InChI is InChI=1S/C21H24N2O5S2/c1-21(2,3)20(27)22-10-13-6-7-15(29-13)14(24)11-28-19(26)16-8-9-17(30-16)23-18(25)12-4-5-12/h6-9,12H,4-5,10-11H2,1-3H3,(H,22,27)(H,23,25). The molecule has 0 spiro atoms. The van der Waals surface area contributed by atoms with Crippen molar-refractivity contribution in [2.75, 3.05) is 11.9 Å². The molecule has 1 fully saturated rings. The Balaban J connectivity index is 1.46. The highest BCUT2D eigenvalue weighted by Crippen LogP contribution is 2.31. The largest absolute Gasteiger partial charge is 0.453 e. The molecule has 2 heterocycles. The van der Waals surface area contributed by atoms with Gasteiger partial charge in [-0.1, -0.05) is 20.8 Å². The van der Waals surface area contributed by atoms with Gasteiger partial charge in [0.2, 0.25) is 17.6 Å². The van der Waals surface area contributed by atoms with Crippen molar-refractivity contribution in [1.29, 1.82) is 0 Å². The van der Waals surface area contributed by atoms with E-state index in [1.54, 1.807) is 24.3 Å². The molecule has 2 N–H and O–H groups in total. The average Bonchev–Trinajstić information content (AvgIpc) is 3.26. The number of carbonyl (C=O) groups is 4. The Labute approximate surface area is 182 Å². The number of esters is 1. The van der Waals surface area contributed by atoms with Gasteiger partial charge in [0, 0.05) is 16.2 Å². The minimum absolute atomic E-state index is 0.0286. The Kier molecular flexibility index (Phi) is 6.72. The molecule has 2 aromatic rings. The minimum atomic E-state index is -0.602. The topological polar surface area (TPSA) is 102 Å². The highest BCUT2D eigenvalue weighted by Gasteiger charge is 2.30. The first-order chi connectivity index (χ1) is 14.1. The van der Waals surface area contributed by atoms with Crippen LogP contribution < -0.4 is 10.6 Å². The van der Waals surface area contributed by atoms with Crippen molar-refractivity contribution >= 4 is 51.2 Å². The summed E-state index contributed by atoms with van der Waals surface area (Å²) in [6.07, 6.45) is 1.81. The molecule has 1 aliphatic carbocycles.